The Balaban J connectivity index is 1.89. The Hall–Kier alpha value is -0.750. The van der Waals surface area contributed by atoms with Crippen LogP contribution in [0, 0.1) is 5.92 Å². The summed E-state index contributed by atoms with van der Waals surface area (Å²) in [7, 11) is 0. The van der Waals surface area contributed by atoms with Crippen molar-refractivity contribution in [3.63, 3.8) is 0 Å². The Morgan fingerprint density at radius 1 is 1.29 bits per heavy atom. The molecule has 1 aromatic carbocycles. The van der Waals surface area contributed by atoms with E-state index < -0.39 is 23.8 Å². The monoisotopic (exact) mass is 364 g/mol. The Morgan fingerprint density at radius 3 is 2.76 bits per heavy atom. The van der Waals surface area contributed by atoms with Crippen molar-refractivity contribution in [2.24, 2.45) is 5.92 Å². The zero-order valence-electron chi connectivity index (χ0n) is 11.3. The summed E-state index contributed by atoms with van der Waals surface area (Å²) in [4.78, 5) is 0. The maximum atomic E-state index is 13.0. The van der Waals surface area contributed by atoms with Crippen molar-refractivity contribution in [2.45, 2.75) is 50.0 Å². The van der Waals surface area contributed by atoms with Crippen molar-refractivity contribution in [1.82, 2.24) is 0 Å². The molecule has 0 amide bonds. The van der Waals surface area contributed by atoms with Gasteiger partial charge in [-0.1, -0.05) is 15.9 Å². The lowest BCUT2D eigenvalue weighted by atomic mass is 9.73. The zero-order chi connectivity index (χ0) is 15.3. The van der Waals surface area contributed by atoms with Gasteiger partial charge >= 0.3 is 6.18 Å². The lowest BCUT2D eigenvalue weighted by Crippen LogP contribution is -2.47. The summed E-state index contributed by atoms with van der Waals surface area (Å²) in [5, 5.41) is 10.3. The van der Waals surface area contributed by atoms with Gasteiger partial charge in [-0.05, 0) is 43.9 Å². The van der Waals surface area contributed by atoms with E-state index in [1.807, 2.05) is 0 Å². The second-order valence-corrected chi connectivity index (χ2v) is 6.94. The lowest BCUT2D eigenvalue weighted by Gasteiger charge is -2.45. The largest absolute Gasteiger partial charge is 0.487 e. The van der Waals surface area contributed by atoms with Crippen LogP contribution in [0.5, 0.6) is 5.75 Å². The van der Waals surface area contributed by atoms with Gasteiger partial charge in [0, 0.05) is 16.5 Å². The molecule has 2 aliphatic rings. The van der Waals surface area contributed by atoms with Gasteiger partial charge in [0.15, 0.2) is 0 Å². The van der Waals surface area contributed by atoms with Crippen LogP contribution in [0.25, 0.3) is 0 Å². The van der Waals surface area contributed by atoms with Crippen LogP contribution in [0.15, 0.2) is 22.7 Å². The maximum Gasteiger partial charge on any atom is 0.391 e. The minimum Gasteiger partial charge on any atom is -0.487 e. The second kappa shape index (κ2) is 5.16. The smallest absolute Gasteiger partial charge is 0.391 e. The predicted octanol–water partition coefficient (Wildman–Crippen LogP) is 4.76. The third-order valence-electron chi connectivity index (χ3n) is 4.49. The average molecular weight is 365 g/mol. The summed E-state index contributed by atoms with van der Waals surface area (Å²) in [5.74, 6) is -0.838. The molecule has 1 aromatic rings. The fourth-order valence-electron chi connectivity index (χ4n) is 3.49. The number of halogens is 4. The molecule has 2 unspecified atom stereocenters. The van der Waals surface area contributed by atoms with Crippen LogP contribution < -0.4 is 4.74 Å². The molecule has 1 aliphatic heterocycles. The number of ether oxygens (including phenoxy) is 1. The van der Waals surface area contributed by atoms with Crippen LogP contribution >= 0.6 is 15.9 Å². The topological polar surface area (TPSA) is 29.5 Å². The van der Waals surface area contributed by atoms with Gasteiger partial charge in [-0.2, -0.15) is 13.2 Å². The van der Waals surface area contributed by atoms with Gasteiger partial charge in [0.1, 0.15) is 11.4 Å². The number of alkyl halides is 3. The van der Waals surface area contributed by atoms with E-state index in [9.17, 15) is 18.3 Å². The van der Waals surface area contributed by atoms with E-state index >= 15 is 0 Å². The van der Waals surface area contributed by atoms with Crippen molar-refractivity contribution in [1.29, 1.82) is 0 Å². The Bertz CT molecular complexity index is 546. The standard InChI is InChI=1S/C15H16BrF3O2/c16-10-3-4-13-11(6-10)12(20)8-14(21-13)5-1-2-9(7-14)15(17,18)19/h3-4,6,9,12,20H,1-2,5,7-8H2/t9?,12-,14?/m0/s1. The van der Waals surface area contributed by atoms with Crippen LogP contribution in [-0.2, 0) is 0 Å². The van der Waals surface area contributed by atoms with E-state index in [0.29, 0.717) is 24.2 Å². The van der Waals surface area contributed by atoms with E-state index in [1.54, 1.807) is 18.2 Å². The van der Waals surface area contributed by atoms with E-state index in [1.165, 1.54) is 0 Å². The predicted molar refractivity (Wildman–Crippen MR) is 75.1 cm³/mol. The summed E-state index contributed by atoms with van der Waals surface area (Å²) in [6, 6.07) is 5.24. The van der Waals surface area contributed by atoms with Crippen molar-refractivity contribution in [2.75, 3.05) is 0 Å². The summed E-state index contributed by atoms with van der Waals surface area (Å²) in [6.45, 7) is 0. The van der Waals surface area contributed by atoms with E-state index in [4.69, 9.17) is 4.74 Å². The highest BCUT2D eigenvalue weighted by Gasteiger charge is 2.51. The van der Waals surface area contributed by atoms with E-state index in [2.05, 4.69) is 15.9 Å². The molecule has 1 fully saturated rings. The molecule has 1 N–H and O–H groups in total. The van der Waals surface area contributed by atoms with Gasteiger partial charge in [-0.3, -0.25) is 0 Å². The van der Waals surface area contributed by atoms with Gasteiger partial charge in [-0.15, -0.1) is 0 Å². The Labute approximate surface area is 129 Å². The highest BCUT2D eigenvalue weighted by atomic mass is 79.9. The molecular formula is C15H16BrF3O2. The zero-order valence-corrected chi connectivity index (χ0v) is 12.9. The quantitative estimate of drug-likeness (QED) is 0.719. The van der Waals surface area contributed by atoms with Gasteiger partial charge in [-0.25, -0.2) is 0 Å². The third-order valence-corrected chi connectivity index (χ3v) is 4.98. The SMILES string of the molecule is O[C@H]1CC2(CCCC(C(F)(F)F)C2)Oc2ccc(Br)cc21. The lowest BCUT2D eigenvalue weighted by molar-refractivity contribution is -0.201. The fraction of sp³-hybridized carbons (Fsp3) is 0.600. The summed E-state index contributed by atoms with van der Waals surface area (Å²) < 4.78 is 45.7. The van der Waals surface area contributed by atoms with Gasteiger partial charge < -0.3 is 9.84 Å². The molecule has 3 rings (SSSR count). The van der Waals surface area contributed by atoms with Crippen LogP contribution in [0.2, 0.25) is 0 Å². The summed E-state index contributed by atoms with van der Waals surface area (Å²) in [5.41, 5.74) is -0.247. The molecule has 6 heteroatoms. The number of aliphatic hydroxyl groups excluding tert-OH is 1. The molecule has 1 aliphatic carbocycles. The van der Waals surface area contributed by atoms with Crippen LogP contribution in [-0.4, -0.2) is 16.9 Å². The Kier molecular flexibility index (Phi) is 3.72. The molecule has 21 heavy (non-hydrogen) atoms. The highest BCUT2D eigenvalue weighted by Crippen LogP contribution is 2.50. The first-order valence-corrected chi connectivity index (χ1v) is 7.82. The first-order valence-electron chi connectivity index (χ1n) is 7.02. The van der Waals surface area contributed by atoms with Crippen molar-refractivity contribution in [3.05, 3.63) is 28.2 Å². The molecule has 0 aromatic heterocycles. The van der Waals surface area contributed by atoms with E-state index in [0.717, 1.165) is 4.47 Å². The van der Waals surface area contributed by atoms with Crippen molar-refractivity contribution in [3.8, 4) is 5.75 Å². The first-order chi connectivity index (χ1) is 9.79. The summed E-state index contributed by atoms with van der Waals surface area (Å²) >= 11 is 3.33. The van der Waals surface area contributed by atoms with Gasteiger partial charge in [0.25, 0.3) is 0 Å². The number of benzene rings is 1. The molecule has 0 bridgehead atoms. The van der Waals surface area contributed by atoms with Gasteiger partial charge in [0.2, 0.25) is 0 Å². The second-order valence-electron chi connectivity index (χ2n) is 6.02. The Morgan fingerprint density at radius 2 is 2.05 bits per heavy atom. The molecular weight excluding hydrogens is 349 g/mol. The minimum atomic E-state index is -4.19. The third kappa shape index (κ3) is 2.93. The number of aliphatic hydroxyl groups is 1. The van der Waals surface area contributed by atoms with E-state index in [-0.39, 0.29) is 19.3 Å². The average Bonchev–Trinajstić information content (AvgIpc) is 2.39. The molecule has 2 nitrogen and oxygen atoms in total. The molecule has 0 saturated heterocycles. The first kappa shape index (κ1) is 15.2. The number of hydrogen-bond acceptors (Lipinski definition) is 2. The minimum absolute atomic E-state index is 0.0664. The normalized spacial score (nSPS) is 32.6. The van der Waals surface area contributed by atoms with Crippen molar-refractivity contribution < 1.29 is 23.0 Å². The number of fused-ring (bicyclic) bond motifs is 1. The van der Waals surface area contributed by atoms with Crippen LogP contribution in [0.3, 0.4) is 0 Å². The molecule has 1 spiro atoms. The van der Waals surface area contributed by atoms with Crippen LogP contribution in [0.1, 0.15) is 43.8 Å². The molecule has 116 valence electrons. The van der Waals surface area contributed by atoms with Gasteiger partial charge in [0.05, 0.1) is 12.0 Å². The molecule has 1 heterocycles. The number of rotatable bonds is 0. The molecule has 1 saturated carbocycles. The van der Waals surface area contributed by atoms with Crippen molar-refractivity contribution >= 4 is 15.9 Å². The van der Waals surface area contributed by atoms with Crippen LogP contribution in [0.4, 0.5) is 13.2 Å². The highest BCUT2D eigenvalue weighted by molar-refractivity contribution is 9.10. The maximum absolute atomic E-state index is 13.0. The summed E-state index contributed by atoms with van der Waals surface area (Å²) in [6.07, 6.45) is -3.63. The fourth-order valence-corrected chi connectivity index (χ4v) is 3.87. The molecule has 0 radical (unpaired) electrons. The molecule has 3 atom stereocenters. The number of hydrogen-bond donors (Lipinski definition) is 1.